The standard InChI is InChI=1S/C11H8BrClN4O/c1-6-5-8(13)16-11(15-6)17-10(18)9-7(12)3-2-4-14-9/h2-5H,1H3,(H,15,16,17,18). The maximum Gasteiger partial charge on any atom is 0.277 e. The molecule has 92 valence electrons. The number of rotatable bonds is 2. The summed E-state index contributed by atoms with van der Waals surface area (Å²) >= 11 is 9.03. The van der Waals surface area contributed by atoms with Crippen molar-refractivity contribution in [3.05, 3.63) is 45.4 Å². The van der Waals surface area contributed by atoms with E-state index in [-0.39, 0.29) is 16.8 Å². The Bertz CT molecular complexity index is 585. The molecule has 0 bridgehead atoms. The minimum Gasteiger partial charge on any atom is -0.289 e. The van der Waals surface area contributed by atoms with Crippen LogP contribution in [0.15, 0.2) is 28.9 Å². The van der Waals surface area contributed by atoms with Gasteiger partial charge in [0.2, 0.25) is 5.95 Å². The zero-order chi connectivity index (χ0) is 13.1. The first-order valence-corrected chi connectivity index (χ1v) is 6.16. The van der Waals surface area contributed by atoms with Crippen molar-refractivity contribution in [1.82, 2.24) is 15.0 Å². The molecule has 2 rings (SSSR count). The van der Waals surface area contributed by atoms with Crippen LogP contribution in [0.5, 0.6) is 0 Å². The molecule has 0 fully saturated rings. The number of nitrogens with zero attached hydrogens (tertiary/aromatic N) is 3. The van der Waals surface area contributed by atoms with Gasteiger partial charge in [-0.3, -0.25) is 10.1 Å². The van der Waals surface area contributed by atoms with Gasteiger partial charge in [-0.2, -0.15) is 0 Å². The van der Waals surface area contributed by atoms with Gasteiger partial charge in [-0.05, 0) is 41.1 Å². The number of amides is 1. The summed E-state index contributed by atoms with van der Waals surface area (Å²) in [6, 6.07) is 5.06. The number of anilines is 1. The Balaban J connectivity index is 2.24. The first-order valence-electron chi connectivity index (χ1n) is 4.99. The molecule has 2 heterocycles. The fourth-order valence-corrected chi connectivity index (χ4v) is 1.97. The molecule has 0 saturated carbocycles. The smallest absolute Gasteiger partial charge is 0.277 e. The van der Waals surface area contributed by atoms with Crippen molar-refractivity contribution in [3.63, 3.8) is 0 Å². The summed E-state index contributed by atoms with van der Waals surface area (Å²) < 4.78 is 0.598. The number of pyridine rings is 1. The van der Waals surface area contributed by atoms with E-state index >= 15 is 0 Å². The zero-order valence-electron chi connectivity index (χ0n) is 9.32. The molecule has 2 aromatic heterocycles. The summed E-state index contributed by atoms with van der Waals surface area (Å²) in [6.45, 7) is 1.76. The Labute approximate surface area is 117 Å². The van der Waals surface area contributed by atoms with Crippen molar-refractivity contribution in [2.24, 2.45) is 0 Å². The number of carbonyl (C=O) groups excluding carboxylic acids is 1. The van der Waals surface area contributed by atoms with E-state index in [0.717, 1.165) is 0 Å². The van der Waals surface area contributed by atoms with E-state index in [2.05, 4.69) is 36.2 Å². The van der Waals surface area contributed by atoms with E-state index in [4.69, 9.17) is 11.6 Å². The molecule has 18 heavy (non-hydrogen) atoms. The summed E-state index contributed by atoms with van der Waals surface area (Å²) in [5.74, 6) is -0.244. The number of hydrogen-bond donors (Lipinski definition) is 1. The minimum atomic E-state index is -0.399. The lowest BCUT2D eigenvalue weighted by Gasteiger charge is -2.05. The van der Waals surface area contributed by atoms with Crippen LogP contribution in [-0.4, -0.2) is 20.9 Å². The van der Waals surface area contributed by atoms with E-state index in [1.54, 1.807) is 25.1 Å². The molecule has 5 nitrogen and oxygen atoms in total. The monoisotopic (exact) mass is 326 g/mol. The highest BCUT2D eigenvalue weighted by molar-refractivity contribution is 9.10. The molecule has 0 spiro atoms. The van der Waals surface area contributed by atoms with Crippen LogP contribution >= 0.6 is 27.5 Å². The van der Waals surface area contributed by atoms with Crippen molar-refractivity contribution in [1.29, 1.82) is 0 Å². The molecule has 0 saturated heterocycles. The van der Waals surface area contributed by atoms with E-state index in [9.17, 15) is 4.79 Å². The molecular formula is C11H8BrClN4O. The zero-order valence-corrected chi connectivity index (χ0v) is 11.7. The second kappa shape index (κ2) is 5.41. The first kappa shape index (κ1) is 12.9. The van der Waals surface area contributed by atoms with Crippen LogP contribution in [0.3, 0.4) is 0 Å². The molecule has 0 radical (unpaired) electrons. The van der Waals surface area contributed by atoms with Gasteiger partial charge in [0.25, 0.3) is 5.91 Å². The fourth-order valence-electron chi connectivity index (χ4n) is 1.30. The number of carbonyl (C=O) groups is 1. The van der Waals surface area contributed by atoms with Gasteiger partial charge in [-0.1, -0.05) is 11.6 Å². The van der Waals surface area contributed by atoms with Crippen molar-refractivity contribution < 1.29 is 4.79 Å². The van der Waals surface area contributed by atoms with E-state index < -0.39 is 5.91 Å². The Morgan fingerprint density at radius 2 is 2.22 bits per heavy atom. The maximum atomic E-state index is 11.9. The Hall–Kier alpha value is -1.53. The molecule has 0 atom stereocenters. The highest BCUT2D eigenvalue weighted by Gasteiger charge is 2.13. The highest BCUT2D eigenvalue weighted by atomic mass is 79.9. The molecule has 0 aromatic carbocycles. The van der Waals surface area contributed by atoms with Gasteiger partial charge < -0.3 is 0 Å². The largest absolute Gasteiger partial charge is 0.289 e. The van der Waals surface area contributed by atoms with Crippen LogP contribution in [0.1, 0.15) is 16.2 Å². The lowest BCUT2D eigenvalue weighted by Crippen LogP contribution is -2.16. The van der Waals surface area contributed by atoms with E-state index in [1.165, 1.54) is 6.20 Å². The quantitative estimate of drug-likeness (QED) is 0.861. The van der Waals surface area contributed by atoms with Gasteiger partial charge in [-0.15, -0.1) is 0 Å². The van der Waals surface area contributed by atoms with Crippen LogP contribution in [-0.2, 0) is 0 Å². The van der Waals surface area contributed by atoms with Crippen LogP contribution in [0.4, 0.5) is 5.95 Å². The normalized spacial score (nSPS) is 10.2. The predicted molar refractivity (Wildman–Crippen MR) is 71.7 cm³/mol. The maximum absolute atomic E-state index is 11.9. The predicted octanol–water partition coefficient (Wildman–Crippen LogP) is 2.85. The Morgan fingerprint density at radius 1 is 1.44 bits per heavy atom. The average Bonchev–Trinajstić information content (AvgIpc) is 2.27. The number of nitrogens with one attached hydrogen (secondary N) is 1. The van der Waals surface area contributed by atoms with Crippen LogP contribution in [0, 0.1) is 6.92 Å². The number of hydrogen-bond acceptors (Lipinski definition) is 4. The van der Waals surface area contributed by atoms with Gasteiger partial charge in [0.05, 0.1) is 0 Å². The molecule has 0 unspecified atom stereocenters. The van der Waals surface area contributed by atoms with Gasteiger partial charge in [0.15, 0.2) is 0 Å². The SMILES string of the molecule is Cc1cc(Cl)nc(NC(=O)c2ncccc2Br)n1. The minimum absolute atomic E-state index is 0.155. The first-order chi connectivity index (χ1) is 8.56. The number of aryl methyl sites for hydroxylation is 1. The third-order valence-electron chi connectivity index (χ3n) is 2.02. The topological polar surface area (TPSA) is 67.8 Å². The van der Waals surface area contributed by atoms with Crippen molar-refractivity contribution >= 4 is 39.4 Å². The molecule has 2 aromatic rings. The van der Waals surface area contributed by atoms with E-state index in [0.29, 0.717) is 10.2 Å². The molecule has 1 N–H and O–H groups in total. The van der Waals surface area contributed by atoms with Gasteiger partial charge in [0, 0.05) is 16.4 Å². The molecule has 1 amide bonds. The molecule has 0 aliphatic rings. The van der Waals surface area contributed by atoms with Crippen LogP contribution in [0.2, 0.25) is 5.15 Å². The van der Waals surface area contributed by atoms with E-state index in [1.807, 2.05) is 0 Å². The Morgan fingerprint density at radius 3 is 2.89 bits per heavy atom. The summed E-state index contributed by atoms with van der Waals surface area (Å²) in [4.78, 5) is 23.9. The third-order valence-corrected chi connectivity index (χ3v) is 2.86. The van der Waals surface area contributed by atoms with Crippen molar-refractivity contribution in [3.8, 4) is 0 Å². The second-order valence-electron chi connectivity index (χ2n) is 3.44. The lowest BCUT2D eigenvalue weighted by atomic mass is 10.3. The number of halogens is 2. The second-order valence-corrected chi connectivity index (χ2v) is 4.69. The summed E-state index contributed by atoms with van der Waals surface area (Å²) in [5, 5.41) is 2.82. The van der Waals surface area contributed by atoms with Crippen LogP contribution < -0.4 is 5.32 Å². The fraction of sp³-hybridized carbons (Fsp3) is 0.0909. The van der Waals surface area contributed by atoms with Gasteiger partial charge >= 0.3 is 0 Å². The van der Waals surface area contributed by atoms with Crippen molar-refractivity contribution in [2.45, 2.75) is 6.92 Å². The Kier molecular flexibility index (Phi) is 3.88. The molecule has 0 aliphatic heterocycles. The summed E-state index contributed by atoms with van der Waals surface area (Å²) in [7, 11) is 0. The third kappa shape index (κ3) is 3.02. The van der Waals surface area contributed by atoms with Gasteiger partial charge in [-0.25, -0.2) is 15.0 Å². The summed E-state index contributed by atoms with van der Waals surface area (Å²) in [6.07, 6.45) is 1.53. The van der Waals surface area contributed by atoms with Crippen LogP contribution in [0.25, 0.3) is 0 Å². The summed E-state index contributed by atoms with van der Waals surface area (Å²) in [5.41, 5.74) is 0.934. The molecule has 0 aliphatic carbocycles. The average molecular weight is 328 g/mol. The molecule has 7 heteroatoms. The number of aromatic nitrogens is 3. The van der Waals surface area contributed by atoms with Gasteiger partial charge in [0.1, 0.15) is 10.8 Å². The highest BCUT2D eigenvalue weighted by Crippen LogP contribution is 2.15. The van der Waals surface area contributed by atoms with Crippen molar-refractivity contribution in [2.75, 3.05) is 5.32 Å². The lowest BCUT2D eigenvalue weighted by molar-refractivity contribution is 0.102. The molecular weight excluding hydrogens is 320 g/mol.